The summed E-state index contributed by atoms with van der Waals surface area (Å²) in [6.45, 7) is 2.63. The molecule has 0 saturated heterocycles. The molecule has 0 unspecified atom stereocenters. The summed E-state index contributed by atoms with van der Waals surface area (Å²) >= 11 is 0. The van der Waals surface area contributed by atoms with Crippen molar-refractivity contribution < 1.29 is 4.74 Å². The van der Waals surface area contributed by atoms with Gasteiger partial charge in [-0.15, -0.1) is 0 Å². The Hall–Kier alpha value is -2.83. The van der Waals surface area contributed by atoms with Gasteiger partial charge in [-0.05, 0) is 44.0 Å². The zero-order chi connectivity index (χ0) is 18.6. The smallest absolute Gasteiger partial charge is 0.231 e. The maximum atomic E-state index is 5.50. The Balaban J connectivity index is 1.61. The van der Waals surface area contributed by atoms with Crippen molar-refractivity contribution >= 4 is 28.5 Å². The molecule has 1 aliphatic rings. The number of fused-ring (bicyclic) bond motifs is 1. The molecule has 1 aromatic carbocycles. The van der Waals surface area contributed by atoms with Crippen LogP contribution in [0.25, 0.3) is 11.0 Å². The molecule has 4 rings (SSSR count). The third kappa shape index (κ3) is 3.97. The Labute approximate surface area is 159 Å². The number of nitrogens with zero attached hydrogens (tertiary/aromatic N) is 4. The normalized spacial score (nSPS) is 15.0. The Morgan fingerprint density at radius 2 is 1.89 bits per heavy atom. The summed E-state index contributed by atoms with van der Waals surface area (Å²) in [4.78, 5) is 9.39. The molecule has 142 valence electrons. The first kappa shape index (κ1) is 17.6. The molecular weight excluding hydrogens is 340 g/mol. The molecule has 1 fully saturated rings. The fourth-order valence-corrected chi connectivity index (χ4v) is 3.56. The summed E-state index contributed by atoms with van der Waals surface area (Å²) in [6, 6.07) is 8.28. The summed E-state index contributed by atoms with van der Waals surface area (Å²) in [6.07, 6.45) is 8.09. The molecule has 0 atom stereocenters. The molecule has 0 radical (unpaired) electrons. The van der Waals surface area contributed by atoms with E-state index in [-0.39, 0.29) is 0 Å². The molecule has 0 amide bonds. The van der Waals surface area contributed by atoms with Crippen LogP contribution in [-0.2, 0) is 7.05 Å². The summed E-state index contributed by atoms with van der Waals surface area (Å²) in [5.41, 5.74) is 1.74. The van der Waals surface area contributed by atoms with E-state index >= 15 is 0 Å². The van der Waals surface area contributed by atoms with Crippen molar-refractivity contribution in [3.8, 4) is 5.75 Å². The van der Waals surface area contributed by atoms with Crippen LogP contribution in [0.5, 0.6) is 5.75 Å². The quantitative estimate of drug-likeness (QED) is 0.679. The number of nitrogens with one attached hydrogen (secondary N) is 2. The number of hydrogen-bond acceptors (Lipinski definition) is 6. The van der Waals surface area contributed by atoms with Crippen LogP contribution in [0.1, 0.15) is 39.0 Å². The van der Waals surface area contributed by atoms with Crippen LogP contribution in [-0.4, -0.2) is 32.4 Å². The third-order valence-corrected chi connectivity index (χ3v) is 4.96. The maximum Gasteiger partial charge on any atom is 0.231 e. The highest BCUT2D eigenvalue weighted by molar-refractivity contribution is 5.88. The van der Waals surface area contributed by atoms with Crippen LogP contribution in [0.4, 0.5) is 17.5 Å². The second-order valence-electron chi connectivity index (χ2n) is 6.96. The number of rotatable bonds is 6. The molecule has 1 saturated carbocycles. The van der Waals surface area contributed by atoms with E-state index in [4.69, 9.17) is 9.72 Å². The van der Waals surface area contributed by atoms with Crippen molar-refractivity contribution in [2.24, 2.45) is 7.05 Å². The lowest BCUT2D eigenvalue weighted by atomic mass is 9.95. The summed E-state index contributed by atoms with van der Waals surface area (Å²) in [7, 11) is 1.90. The van der Waals surface area contributed by atoms with Crippen LogP contribution in [0, 0.1) is 0 Å². The number of hydrogen-bond donors (Lipinski definition) is 2. The van der Waals surface area contributed by atoms with Crippen LogP contribution >= 0.6 is 0 Å². The predicted octanol–water partition coefficient (Wildman–Crippen LogP) is 4.25. The van der Waals surface area contributed by atoms with E-state index in [0.29, 0.717) is 18.6 Å². The molecule has 3 aromatic rings. The first-order chi connectivity index (χ1) is 13.2. The van der Waals surface area contributed by atoms with Crippen LogP contribution < -0.4 is 15.4 Å². The van der Waals surface area contributed by atoms with Crippen LogP contribution in [0.15, 0.2) is 30.5 Å². The van der Waals surface area contributed by atoms with E-state index in [1.807, 2.05) is 44.4 Å². The van der Waals surface area contributed by atoms with Crippen molar-refractivity contribution in [2.75, 3.05) is 17.2 Å². The minimum atomic E-state index is 0.468. The zero-order valence-electron chi connectivity index (χ0n) is 15.9. The Kier molecular flexibility index (Phi) is 5.09. The van der Waals surface area contributed by atoms with Gasteiger partial charge in [-0.3, -0.25) is 4.68 Å². The highest BCUT2D eigenvalue weighted by Crippen LogP contribution is 2.27. The fraction of sp³-hybridized carbons (Fsp3) is 0.450. The maximum absolute atomic E-state index is 5.50. The first-order valence-corrected chi connectivity index (χ1v) is 9.69. The van der Waals surface area contributed by atoms with E-state index in [9.17, 15) is 0 Å². The minimum absolute atomic E-state index is 0.468. The van der Waals surface area contributed by atoms with Gasteiger partial charge in [0, 0.05) is 18.8 Å². The molecule has 7 heteroatoms. The summed E-state index contributed by atoms with van der Waals surface area (Å²) in [5.74, 6) is 2.27. The van der Waals surface area contributed by atoms with Crippen molar-refractivity contribution in [3.63, 3.8) is 0 Å². The Bertz CT molecular complexity index is 899. The van der Waals surface area contributed by atoms with Crippen LogP contribution in [0.2, 0.25) is 0 Å². The molecule has 0 aliphatic heterocycles. The summed E-state index contributed by atoms with van der Waals surface area (Å²) in [5, 5.41) is 12.2. The SMILES string of the molecule is CCOc1ccc(Nc2nc(NC3CCCCC3)c3cnn(C)c3n2)cc1. The van der Waals surface area contributed by atoms with Crippen LogP contribution in [0.3, 0.4) is 0 Å². The monoisotopic (exact) mass is 366 g/mol. The first-order valence-electron chi connectivity index (χ1n) is 9.69. The molecular formula is C20H26N6O. The lowest BCUT2D eigenvalue weighted by Gasteiger charge is -2.23. The third-order valence-electron chi connectivity index (χ3n) is 4.96. The summed E-state index contributed by atoms with van der Waals surface area (Å²) < 4.78 is 7.28. The number of aromatic nitrogens is 4. The van der Waals surface area contributed by atoms with E-state index in [2.05, 4.69) is 20.7 Å². The average Bonchev–Trinajstić information content (AvgIpc) is 3.06. The standard InChI is InChI=1S/C20H26N6O/c1-3-27-16-11-9-15(10-12-16)23-20-24-18(22-14-7-5-4-6-8-14)17-13-21-26(2)19(17)25-20/h9-14H,3-8H2,1-2H3,(H2,22,23,24,25). The lowest BCUT2D eigenvalue weighted by molar-refractivity contribution is 0.340. The van der Waals surface area contributed by atoms with Gasteiger partial charge in [0.05, 0.1) is 18.2 Å². The van der Waals surface area contributed by atoms with Gasteiger partial charge in [0.2, 0.25) is 5.95 Å². The highest BCUT2D eigenvalue weighted by Gasteiger charge is 2.17. The van der Waals surface area contributed by atoms with Crippen molar-refractivity contribution in [1.29, 1.82) is 0 Å². The largest absolute Gasteiger partial charge is 0.494 e. The van der Waals surface area contributed by atoms with Gasteiger partial charge in [-0.25, -0.2) is 0 Å². The van der Waals surface area contributed by atoms with Crippen molar-refractivity contribution in [2.45, 2.75) is 45.1 Å². The van der Waals surface area contributed by atoms with Crippen molar-refractivity contribution in [1.82, 2.24) is 19.7 Å². The number of ether oxygens (including phenoxy) is 1. The zero-order valence-corrected chi connectivity index (χ0v) is 15.9. The van der Waals surface area contributed by atoms with Gasteiger partial charge in [0.25, 0.3) is 0 Å². The molecule has 7 nitrogen and oxygen atoms in total. The van der Waals surface area contributed by atoms with E-state index in [1.165, 1.54) is 32.1 Å². The van der Waals surface area contributed by atoms with E-state index < -0.39 is 0 Å². The second kappa shape index (κ2) is 7.82. The van der Waals surface area contributed by atoms with Gasteiger partial charge in [0.1, 0.15) is 11.6 Å². The Morgan fingerprint density at radius 3 is 2.63 bits per heavy atom. The van der Waals surface area contributed by atoms with Gasteiger partial charge < -0.3 is 15.4 Å². The molecule has 27 heavy (non-hydrogen) atoms. The second-order valence-corrected chi connectivity index (χ2v) is 6.96. The molecule has 0 bridgehead atoms. The minimum Gasteiger partial charge on any atom is -0.494 e. The lowest BCUT2D eigenvalue weighted by Crippen LogP contribution is -2.23. The van der Waals surface area contributed by atoms with Gasteiger partial charge in [0.15, 0.2) is 5.65 Å². The molecule has 0 spiro atoms. The number of aryl methyl sites for hydroxylation is 1. The van der Waals surface area contributed by atoms with Gasteiger partial charge in [-0.2, -0.15) is 15.1 Å². The topological polar surface area (TPSA) is 76.9 Å². The number of benzene rings is 1. The Morgan fingerprint density at radius 1 is 1.11 bits per heavy atom. The average molecular weight is 366 g/mol. The van der Waals surface area contributed by atoms with Gasteiger partial charge >= 0.3 is 0 Å². The molecule has 2 heterocycles. The molecule has 1 aliphatic carbocycles. The van der Waals surface area contributed by atoms with Gasteiger partial charge in [-0.1, -0.05) is 19.3 Å². The molecule has 2 N–H and O–H groups in total. The predicted molar refractivity (Wildman–Crippen MR) is 108 cm³/mol. The number of anilines is 3. The molecule has 2 aromatic heterocycles. The highest BCUT2D eigenvalue weighted by atomic mass is 16.5. The van der Waals surface area contributed by atoms with E-state index in [1.54, 1.807) is 4.68 Å². The fourth-order valence-electron chi connectivity index (χ4n) is 3.56. The van der Waals surface area contributed by atoms with Crippen molar-refractivity contribution in [3.05, 3.63) is 30.5 Å². The van der Waals surface area contributed by atoms with E-state index in [0.717, 1.165) is 28.3 Å².